The highest BCUT2D eigenvalue weighted by atomic mass is 35.5. The average molecular weight is 239 g/mol. The van der Waals surface area contributed by atoms with E-state index in [9.17, 15) is 18.3 Å². The minimum Gasteiger partial charge on any atom is -0.388 e. The molecule has 0 heterocycles. The third-order valence-corrected chi connectivity index (χ3v) is 2.30. The van der Waals surface area contributed by atoms with Gasteiger partial charge in [-0.1, -0.05) is 6.07 Å². The molecule has 0 amide bonds. The molecule has 1 aromatic carbocycles. The summed E-state index contributed by atoms with van der Waals surface area (Å²) < 4.78 is 38.5. The van der Waals surface area contributed by atoms with Crippen LogP contribution in [0.3, 0.4) is 0 Å². The molecule has 0 aliphatic carbocycles. The Morgan fingerprint density at radius 1 is 1.20 bits per heavy atom. The van der Waals surface area contributed by atoms with Crippen molar-refractivity contribution in [2.75, 3.05) is 5.88 Å². The van der Waals surface area contributed by atoms with Gasteiger partial charge in [-0.2, -0.15) is 0 Å². The zero-order chi connectivity index (χ0) is 11.4. The van der Waals surface area contributed by atoms with Gasteiger partial charge in [0.05, 0.1) is 6.10 Å². The second kappa shape index (κ2) is 5.37. The predicted molar refractivity (Wildman–Crippen MR) is 51.2 cm³/mol. The predicted octanol–water partition coefficient (Wildman–Crippen LogP) is 3.16. The first-order valence-electron chi connectivity index (χ1n) is 4.45. The van der Waals surface area contributed by atoms with Gasteiger partial charge in [-0.25, -0.2) is 13.2 Å². The van der Waals surface area contributed by atoms with Crippen molar-refractivity contribution in [3.8, 4) is 0 Å². The highest BCUT2D eigenvalue weighted by Gasteiger charge is 2.18. The van der Waals surface area contributed by atoms with E-state index in [1.54, 1.807) is 0 Å². The molecule has 0 radical (unpaired) electrons. The SMILES string of the molecule is OC(CCCCl)c1ccc(F)c(F)c1F. The lowest BCUT2D eigenvalue weighted by molar-refractivity contribution is 0.160. The van der Waals surface area contributed by atoms with E-state index in [1.807, 2.05) is 0 Å². The summed E-state index contributed by atoms with van der Waals surface area (Å²) in [7, 11) is 0. The Morgan fingerprint density at radius 2 is 1.87 bits per heavy atom. The van der Waals surface area contributed by atoms with Crippen molar-refractivity contribution in [1.29, 1.82) is 0 Å². The highest BCUT2D eigenvalue weighted by molar-refractivity contribution is 6.17. The fraction of sp³-hybridized carbons (Fsp3) is 0.400. The molecule has 0 aliphatic heterocycles. The van der Waals surface area contributed by atoms with Crippen molar-refractivity contribution < 1.29 is 18.3 Å². The summed E-state index contributed by atoms with van der Waals surface area (Å²) in [5, 5.41) is 9.46. The second-order valence-corrected chi connectivity index (χ2v) is 3.49. The Balaban J connectivity index is 2.90. The number of aliphatic hydroxyl groups is 1. The topological polar surface area (TPSA) is 20.2 Å². The van der Waals surface area contributed by atoms with Gasteiger partial charge in [-0.15, -0.1) is 11.6 Å². The van der Waals surface area contributed by atoms with Gasteiger partial charge < -0.3 is 5.11 Å². The Bertz CT molecular complexity index is 344. The van der Waals surface area contributed by atoms with E-state index >= 15 is 0 Å². The number of hydrogen-bond acceptors (Lipinski definition) is 1. The molecule has 1 N–H and O–H groups in total. The van der Waals surface area contributed by atoms with Crippen LogP contribution in [-0.4, -0.2) is 11.0 Å². The van der Waals surface area contributed by atoms with Crippen molar-refractivity contribution in [2.45, 2.75) is 18.9 Å². The van der Waals surface area contributed by atoms with Crippen LogP contribution in [0.1, 0.15) is 24.5 Å². The smallest absolute Gasteiger partial charge is 0.194 e. The number of hydrogen-bond donors (Lipinski definition) is 1. The average Bonchev–Trinajstić information content (AvgIpc) is 2.23. The van der Waals surface area contributed by atoms with Crippen LogP contribution < -0.4 is 0 Å². The van der Waals surface area contributed by atoms with Gasteiger partial charge in [-0.3, -0.25) is 0 Å². The molecule has 0 spiro atoms. The van der Waals surface area contributed by atoms with Gasteiger partial charge in [0.1, 0.15) is 0 Å². The molecule has 1 aromatic rings. The zero-order valence-electron chi connectivity index (χ0n) is 7.81. The molecule has 1 nitrogen and oxygen atoms in total. The monoisotopic (exact) mass is 238 g/mol. The first-order chi connectivity index (χ1) is 7.07. The second-order valence-electron chi connectivity index (χ2n) is 3.11. The molecule has 5 heteroatoms. The number of alkyl halides is 1. The number of halogens is 4. The largest absolute Gasteiger partial charge is 0.388 e. The maximum absolute atomic E-state index is 13.1. The van der Waals surface area contributed by atoms with E-state index in [0.717, 1.165) is 12.1 Å². The van der Waals surface area contributed by atoms with E-state index in [0.29, 0.717) is 12.3 Å². The number of benzene rings is 1. The molecule has 84 valence electrons. The van der Waals surface area contributed by atoms with Crippen molar-refractivity contribution >= 4 is 11.6 Å². The maximum atomic E-state index is 13.1. The minimum atomic E-state index is -1.56. The summed E-state index contributed by atoms with van der Waals surface area (Å²) in [5.41, 5.74) is -0.237. The quantitative estimate of drug-likeness (QED) is 0.631. The fourth-order valence-electron chi connectivity index (χ4n) is 1.22. The molecule has 0 bridgehead atoms. The summed E-state index contributed by atoms with van der Waals surface area (Å²) >= 11 is 5.39. The van der Waals surface area contributed by atoms with Crippen molar-refractivity contribution in [3.05, 3.63) is 35.1 Å². The Labute approximate surface area is 90.5 Å². The Morgan fingerprint density at radius 3 is 2.47 bits per heavy atom. The molecular formula is C10H10ClF3O. The first-order valence-corrected chi connectivity index (χ1v) is 4.98. The van der Waals surface area contributed by atoms with Gasteiger partial charge in [-0.05, 0) is 18.9 Å². The molecule has 0 aliphatic rings. The lowest BCUT2D eigenvalue weighted by atomic mass is 10.0. The van der Waals surface area contributed by atoms with Crippen LogP contribution in [0, 0.1) is 17.5 Å². The van der Waals surface area contributed by atoms with Gasteiger partial charge in [0.15, 0.2) is 17.5 Å². The zero-order valence-corrected chi connectivity index (χ0v) is 8.57. The standard InChI is InChI=1S/C10H10ClF3O/c11-5-1-2-8(15)6-3-4-7(12)10(14)9(6)13/h3-4,8,15H,1-2,5H2. The van der Waals surface area contributed by atoms with Crippen LogP contribution >= 0.6 is 11.6 Å². The van der Waals surface area contributed by atoms with Crippen LogP contribution in [0.2, 0.25) is 0 Å². The molecule has 1 unspecified atom stereocenters. The van der Waals surface area contributed by atoms with Crippen LogP contribution in [0.25, 0.3) is 0 Å². The van der Waals surface area contributed by atoms with Crippen LogP contribution in [0.15, 0.2) is 12.1 Å². The lowest BCUT2D eigenvalue weighted by Gasteiger charge is -2.11. The summed E-state index contributed by atoms with van der Waals surface area (Å²) in [6, 6.07) is 1.82. The summed E-state index contributed by atoms with van der Waals surface area (Å²) in [6.07, 6.45) is -0.467. The molecule has 1 atom stereocenters. The van der Waals surface area contributed by atoms with Gasteiger partial charge in [0.25, 0.3) is 0 Å². The molecule has 15 heavy (non-hydrogen) atoms. The number of rotatable bonds is 4. The first kappa shape index (κ1) is 12.3. The van der Waals surface area contributed by atoms with E-state index < -0.39 is 23.6 Å². The number of aliphatic hydroxyl groups excluding tert-OH is 1. The molecule has 0 saturated carbocycles. The highest BCUT2D eigenvalue weighted by Crippen LogP contribution is 2.24. The minimum absolute atomic E-state index is 0.214. The maximum Gasteiger partial charge on any atom is 0.194 e. The van der Waals surface area contributed by atoms with Gasteiger partial charge in [0.2, 0.25) is 0 Å². The molecule has 0 fully saturated rings. The Kier molecular flexibility index (Phi) is 4.42. The molecule has 1 rings (SSSR count). The van der Waals surface area contributed by atoms with Crippen LogP contribution in [0.5, 0.6) is 0 Å². The van der Waals surface area contributed by atoms with E-state index in [4.69, 9.17) is 11.6 Å². The fourth-order valence-corrected chi connectivity index (χ4v) is 1.38. The Hall–Kier alpha value is -0.740. The van der Waals surface area contributed by atoms with Crippen LogP contribution in [-0.2, 0) is 0 Å². The summed E-state index contributed by atoms with van der Waals surface area (Å²) in [4.78, 5) is 0. The van der Waals surface area contributed by atoms with E-state index in [1.165, 1.54) is 0 Å². The van der Waals surface area contributed by atoms with Crippen molar-refractivity contribution in [2.24, 2.45) is 0 Å². The normalized spacial score (nSPS) is 12.9. The van der Waals surface area contributed by atoms with Crippen LogP contribution in [0.4, 0.5) is 13.2 Å². The van der Waals surface area contributed by atoms with Crippen molar-refractivity contribution in [1.82, 2.24) is 0 Å². The summed E-state index contributed by atoms with van der Waals surface area (Å²) in [6.45, 7) is 0. The lowest BCUT2D eigenvalue weighted by Crippen LogP contribution is -2.04. The van der Waals surface area contributed by atoms with Crippen molar-refractivity contribution in [3.63, 3.8) is 0 Å². The van der Waals surface area contributed by atoms with E-state index in [2.05, 4.69) is 0 Å². The third kappa shape index (κ3) is 2.86. The molecule has 0 aromatic heterocycles. The van der Waals surface area contributed by atoms with Gasteiger partial charge >= 0.3 is 0 Å². The third-order valence-electron chi connectivity index (χ3n) is 2.04. The van der Waals surface area contributed by atoms with Gasteiger partial charge in [0, 0.05) is 11.4 Å². The molecule has 0 saturated heterocycles. The molecular weight excluding hydrogens is 229 g/mol. The van der Waals surface area contributed by atoms with E-state index in [-0.39, 0.29) is 12.0 Å². The summed E-state index contributed by atoms with van der Waals surface area (Å²) in [5.74, 6) is -3.84.